The number of carbonyl (C=O) groups excluding carboxylic acids is 1. The van der Waals surface area contributed by atoms with Crippen LogP contribution in [0.4, 0.5) is 21.5 Å². The number of methoxy groups -OCH3 is 1. The first-order chi connectivity index (χ1) is 16.7. The number of nitrogens with two attached hydrogens (primary N) is 1. The van der Waals surface area contributed by atoms with Crippen LogP contribution in [0.15, 0.2) is 30.3 Å². The van der Waals surface area contributed by atoms with Crippen molar-refractivity contribution in [1.82, 2.24) is 15.1 Å². The molecule has 1 fully saturated rings. The summed E-state index contributed by atoms with van der Waals surface area (Å²) in [4.78, 5) is 16.7. The number of aryl methyl sites for hydroxylation is 1. The topological polar surface area (TPSA) is 117 Å². The van der Waals surface area contributed by atoms with Gasteiger partial charge in [0.2, 0.25) is 0 Å². The smallest absolute Gasteiger partial charge is 0.271 e. The molecule has 2 heterocycles. The Balaban J connectivity index is 1.84. The number of nitrogens with zero attached hydrogens (tertiary/aromatic N) is 4. The lowest BCUT2D eigenvalue weighted by Gasteiger charge is -2.45. The number of ether oxygens (including phenoxy) is 1. The minimum absolute atomic E-state index is 0.0805. The quantitative estimate of drug-likeness (QED) is 0.471. The lowest BCUT2D eigenvalue weighted by atomic mass is 10.0. The van der Waals surface area contributed by atoms with E-state index in [9.17, 15) is 14.3 Å². The molecule has 10 heteroatoms. The van der Waals surface area contributed by atoms with E-state index < -0.39 is 11.7 Å². The number of hydrogen-bond donors (Lipinski definition) is 3. The zero-order valence-electron chi connectivity index (χ0n) is 20.4. The number of amides is 1. The van der Waals surface area contributed by atoms with E-state index in [-0.39, 0.29) is 35.8 Å². The predicted octanol–water partition coefficient (Wildman–Crippen LogP) is 2.82. The van der Waals surface area contributed by atoms with Crippen molar-refractivity contribution >= 4 is 33.9 Å². The minimum atomic E-state index is -0.772. The normalized spacial score (nSPS) is 18.6. The van der Waals surface area contributed by atoms with E-state index in [2.05, 4.69) is 39.2 Å². The molecule has 0 saturated carbocycles. The molecule has 0 radical (unpaired) electrons. The molecule has 4 N–H and O–H groups in total. The molecule has 0 spiro atoms. The van der Waals surface area contributed by atoms with Crippen molar-refractivity contribution in [3.8, 4) is 5.75 Å². The minimum Gasteiger partial charge on any atom is -0.495 e. The van der Waals surface area contributed by atoms with E-state index in [0.717, 1.165) is 11.3 Å². The molecular weight excluding hydrogens is 451 g/mol. The summed E-state index contributed by atoms with van der Waals surface area (Å²) in [6.45, 7) is 8.18. The highest BCUT2D eigenvalue weighted by molar-refractivity contribution is 6.07. The summed E-state index contributed by atoms with van der Waals surface area (Å²) in [6, 6.07) is 8.82. The first kappa shape index (κ1) is 24.6. The molecule has 186 valence electrons. The zero-order chi connectivity index (χ0) is 25.3. The number of anilines is 3. The predicted molar refractivity (Wildman–Crippen MR) is 134 cm³/mol. The SMILES string of the molecule is COc1cc2nnc(C(N)=O)c(Nc3ccc(C)cc3F)c2cc1N1C[C@@H](C)N(CCO)[C@@H](C)C1. The fraction of sp³-hybridized carbons (Fsp3) is 0.400. The van der Waals surface area contributed by atoms with E-state index in [1.54, 1.807) is 32.2 Å². The number of primary amides is 1. The van der Waals surface area contributed by atoms with Crippen LogP contribution in [0.2, 0.25) is 0 Å². The lowest BCUT2D eigenvalue weighted by Crippen LogP contribution is -2.57. The number of aliphatic hydroxyl groups is 1. The average Bonchev–Trinajstić information content (AvgIpc) is 2.82. The van der Waals surface area contributed by atoms with Crippen LogP contribution < -0.4 is 20.7 Å². The number of carbonyl (C=O) groups is 1. The molecule has 0 aliphatic carbocycles. The third-order valence-electron chi connectivity index (χ3n) is 6.48. The molecule has 1 aromatic heterocycles. The van der Waals surface area contributed by atoms with Gasteiger partial charge in [0.25, 0.3) is 5.91 Å². The Kier molecular flexibility index (Phi) is 7.04. The highest BCUT2D eigenvalue weighted by atomic mass is 19.1. The molecular formula is C25H31FN6O3. The van der Waals surface area contributed by atoms with Gasteiger partial charge in [-0.3, -0.25) is 9.69 Å². The standard InChI is InChI=1S/C25H31FN6O3/c1-14-5-6-19(18(26)9-14)28-23-17-10-21(31-12-15(2)32(7-8-33)16(3)13-31)22(35-4)11-20(17)29-30-24(23)25(27)34/h5-6,9-11,15-16,33H,7-8,12-13H2,1-4H3,(H2,27,34)(H,28,29)/t15-,16+. The van der Waals surface area contributed by atoms with Gasteiger partial charge in [0.05, 0.1) is 36.3 Å². The van der Waals surface area contributed by atoms with Crippen LogP contribution in [-0.2, 0) is 0 Å². The van der Waals surface area contributed by atoms with Crippen molar-refractivity contribution in [3.63, 3.8) is 0 Å². The van der Waals surface area contributed by atoms with Crippen LogP contribution in [0.3, 0.4) is 0 Å². The second kappa shape index (κ2) is 10.0. The maximum Gasteiger partial charge on any atom is 0.271 e. The van der Waals surface area contributed by atoms with E-state index in [0.29, 0.717) is 36.3 Å². The number of fused-ring (bicyclic) bond motifs is 1. The molecule has 3 aromatic rings. The van der Waals surface area contributed by atoms with Crippen molar-refractivity contribution in [1.29, 1.82) is 0 Å². The van der Waals surface area contributed by atoms with Crippen LogP contribution in [0, 0.1) is 12.7 Å². The van der Waals surface area contributed by atoms with Gasteiger partial charge in [-0.25, -0.2) is 4.39 Å². The van der Waals surface area contributed by atoms with E-state index in [4.69, 9.17) is 10.5 Å². The number of nitrogens with one attached hydrogen (secondary N) is 1. The Hall–Kier alpha value is -3.50. The summed E-state index contributed by atoms with van der Waals surface area (Å²) >= 11 is 0. The average molecular weight is 483 g/mol. The Labute approximate surface area is 203 Å². The molecule has 4 rings (SSSR count). The third-order valence-corrected chi connectivity index (χ3v) is 6.48. The van der Waals surface area contributed by atoms with Crippen molar-refractivity contribution in [2.45, 2.75) is 32.9 Å². The Morgan fingerprint density at radius 2 is 1.94 bits per heavy atom. The van der Waals surface area contributed by atoms with Gasteiger partial charge in [-0.1, -0.05) is 6.07 Å². The van der Waals surface area contributed by atoms with Gasteiger partial charge in [-0.15, -0.1) is 10.2 Å². The first-order valence-electron chi connectivity index (χ1n) is 11.6. The number of aliphatic hydroxyl groups excluding tert-OH is 1. The lowest BCUT2D eigenvalue weighted by molar-refractivity contribution is 0.0995. The van der Waals surface area contributed by atoms with Gasteiger partial charge in [-0.2, -0.15) is 0 Å². The zero-order valence-corrected chi connectivity index (χ0v) is 20.4. The molecule has 1 aliphatic heterocycles. The fourth-order valence-electron chi connectivity index (χ4n) is 4.80. The largest absolute Gasteiger partial charge is 0.495 e. The monoisotopic (exact) mass is 482 g/mol. The van der Waals surface area contributed by atoms with Gasteiger partial charge in [0, 0.05) is 43.2 Å². The van der Waals surface area contributed by atoms with Crippen LogP contribution in [0.1, 0.15) is 29.9 Å². The van der Waals surface area contributed by atoms with Crippen molar-refractivity contribution in [3.05, 3.63) is 47.4 Å². The summed E-state index contributed by atoms with van der Waals surface area (Å²) in [5.74, 6) is -0.616. The molecule has 35 heavy (non-hydrogen) atoms. The number of aromatic nitrogens is 2. The summed E-state index contributed by atoms with van der Waals surface area (Å²) in [5.41, 5.74) is 8.08. The van der Waals surface area contributed by atoms with Gasteiger partial charge in [0.1, 0.15) is 11.6 Å². The highest BCUT2D eigenvalue weighted by Crippen LogP contribution is 2.38. The Morgan fingerprint density at radius 1 is 1.23 bits per heavy atom. The summed E-state index contributed by atoms with van der Waals surface area (Å²) in [6.07, 6.45) is 0. The van der Waals surface area contributed by atoms with Crippen molar-refractivity contribution in [2.75, 3.05) is 43.6 Å². The molecule has 1 amide bonds. The fourth-order valence-corrected chi connectivity index (χ4v) is 4.80. The first-order valence-corrected chi connectivity index (χ1v) is 11.6. The summed E-state index contributed by atoms with van der Waals surface area (Å²) in [5, 5.41) is 21.2. The van der Waals surface area contributed by atoms with Crippen molar-refractivity contribution < 1.29 is 19.0 Å². The van der Waals surface area contributed by atoms with Crippen LogP contribution >= 0.6 is 0 Å². The van der Waals surface area contributed by atoms with Gasteiger partial charge < -0.3 is 25.8 Å². The number of piperazine rings is 1. The molecule has 1 aliphatic rings. The maximum atomic E-state index is 14.7. The number of rotatable bonds is 7. The second-order valence-corrected chi connectivity index (χ2v) is 9.00. The number of benzene rings is 2. The summed E-state index contributed by atoms with van der Waals surface area (Å²) in [7, 11) is 1.59. The molecule has 9 nitrogen and oxygen atoms in total. The highest BCUT2D eigenvalue weighted by Gasteiger charge is 2.31. The molecule has 1 saturated heterocycles. The van der Waals surface area contributed by atoms with E-state index in [1.165, 1.54) is 6.07 Å². The Morgan fingerprint density at radius 3 is 2.54 bits per heavy atom. The van der Waals surface area contributed by atoms with Gasteiger partial charge in [0.15, 0.2) is 5.69 Å². The third kappa shape index (κ3) is 4.85. The maximum absolute atomic E-state index is 14.7. The molecule has 0 unspecified atom stereocenters. The number of β-amino-alcohol motifs (C(OH)–C–C–N with tert-alkyl or cyclic N) is 1. The molecule has 0 bridgehead atoms. The second-order valence-electron chi connectivity index (χ2n) is 9.00. The number of halogens is 1. The molecule has 2 atom stereocenters. The molecule has 2 aromatic carbocycles. The van der Waals surface area contributed by atoms with Crippen LogP contribution in [0.25, 0.3) is 10.9 Å². The van der Waals surface area contributed by atoms with Crippen LogP contribution in [-0.4, -0.2) is 71.5 Å². The van der Waals surface area contributed by atoms with Crippen molar-refractivity contribution in [2.24, 2.45) is 5.73 Å². The van der Waals surface area contributed by atoms with Gasteiger partial charge >= 0.3 is 0 Å². The van der Waals surface area contributed by atoms with Crippen LogP contribution in [0.5, 0.6) is 5.75 Å². The number of hydrogen-bond acceptors (Lipinski definition) is 8. The van der Waals surface area contributed by atoms with E-state index in [1.807, 2.05) is 6.07 Å². The van der Waals surface area contributed by atoms with E-state index >= 15 is 0 Å². The Bertz CT molecular complexity index is 1240. The summed E-state index contributed by atoms with van der Waals surface area (Å²) < 4.78 is 20.4. The van der Waals surface area contributed by atoms with Gasteiger partial charge in [-0.05, 0) is 44.5 Å².